The number of hydrogen-bond donors (Lipinski definition) is 1. The lowest BCUT2D eigenvalue weighted by atomic mass is 10.2. The van der Waals surface area contributed by atoms with E-state index in [1.54, 1.807) is 0 Å². The lowest BCUT2D eigenvalue weighted by molar-refractivity contribution is -0.00847. The minimum atomic E-state index is 0.599. The van der Waals surface area contributed by atoms with Gasteiger partial charge in [-0.1, -0.05) is 27.7 Å². The van der Waals surface area contributed by atoms with Gasteiger partial charge < -0.3 is 10.1 Å². The molecule has 4 heteroatoms. The van der Waals surface area contributed by atoms with Crippen LogP contribution < -0.4 is 5.32 Å². The number of likely N-dealkylation sites (N-methyl/N-ethyl adjacent to an activating group) is 1. The molecule has 2 saturated heterocycles. The summed E-state index contributed by atoms with van der Waals surface area (Å²) in [5, 5.41) is 3.38. The molecule has 0 bridgehead atoms. The molecule has 2 aliphatic heterocycles. The zero-order valence-electron chi connectivity index (χ0n) is 13.0. The maximum Gasteiger partial charge on any atom is 0.0634 e. The van der Waals surface area contributed by atoms with Crippen LogP contribution in [0, 0.1) is 0 Å². The number of hydrogen-bond acceptors (Lipinski definition) is 4. The van der Waals surface area contributed by atoms with E-state index in [1.165, 1.54) is 13.1 Å². The summed E-state index contributed by atoms with van der Waals surface area (Å²) in [6, 6.07) is 0.599. The number of nitrogens with zero attached hydrogens (tertiary/aromatic N) is 2. The van der Waals surface area contributed by atoms with E-state index in [1.807, 2.05) is 27.7 Å². The van der Waals surface area contributed by atoms with Crippen molar-refractivity contribution in [2.45, 2.75) is 33.7 Å². The third-order valence-electron chi connectivity index (χ3n) is 3.20. The van der Waals surface area contributed by atoms with Gasteiger partial charge >= 0.3 is 0 Å². The van der Waals surface area contributed by atoms with Gasteiger partial charge in [-0.15, -0.1) is 0 Å². The Labute approximate surface area is 114 Å². The van der Waals surface area contributed by atoms with Crippen LogP contribution in [0.25, 0.3) is 0 Å². The minimum Gasteiger partial charge on any atom is -0.378 e. The average Bonchev–Trinajstić information content (AvgIpc) is 2.47. The second kappa shape index (κ2) is 11.9. The number of ether oxygens (including phenoxy) is 1. The Balaban J connectivity index is 0.000000659. The molecule has 0 amide bonds. The molecular weight excluding hydrogens is 226 g/mol. The molecule has 2 heterocycles. The SMILES string of the molecule is CC.CC.CN1CCOC[C@@H]1CN1CCNCC1. The number of morpholine rings is 1. The van der Waals surface area contributed by atoms with Crippen LogP contribution in [0.3, 0.4) is 0 Å². The van der Waals surface area contributed by atoms with Gasteiger partial charge in [-0.05, 0) is 7.05 Å². The Morgan fingerprint density at radius 3 is 2.22 bits per heavy atom. The van der Waals surface area contributed by atoms with Gasteiger partial charge in [-0.2, -0.15) is 0 Å². The predicted molar refractivity (Wildman–Crippen MR) is 79.2 cm³/mol. The van der Waals surface area contributed by atoms with Crippen LogP contribution in [0.4, 0.5) is 0 Å². The van der Waals surface area contributed by atoms with Crippen molar-refractivity contribution in [3.05, 3.63) is 0 Å². The van der Waals surface area contributed by atoms with Gasteiger partial charge in [0.1, 0.15) is 0 Å². The number of piperazine rings is 1. The summed E-state index contributed by atoms with van der Waals surface area (Å²) < 4.78 is 5.51. The molecule has 2 rings (SSSR count). The van der Waals surface area contributed by atoms with Crippen molar-refractivity contribution in [1.82, 2.24) is 15.1 Å². The largest absolute Gasteiger partial charge is 0.378 e. The van der Waals surface area contributed by atoms with Gasteiger partial charge in [-0.25, -0.2) is 0 Å². The van der Waals surface area contributed by atoms with Crippen molar-refractivity contribution in [3.8, 4) is 0 Å². The first-order valence-corrected chi connectivity index (χ1v) is 7.57. The molecular formula is C14H33N3O. The van der Waals surface area contributed by atoms with Crippen molar-refractivity contribution in [2.75, 3.05) is 59.5 Å². The van der Waals surface area contributed by atoms with Crippen LogP contribution in [0.1, 0.15) is 27.7 Å². The highest BCUT2D eigenvalue weighted by Crippen LogP contribution is 2.06. The lowest BCUT2D eigenvalue weighted by Gasteiger charge is -2.37. The summed E-state index contributed by atoms with van der Waals surface area (Å²) in [6.45, 7) is 16.7. The smallest absolute Gasteiger partial charge is 0.0634 e. The first kappa shape index (κ1) is 17.8. The molecule has 0 aromatic carbocycles. The number of rotatable bonds is 2. The first-order valence-electron chi connectivity index (χ1n) is 7.57. The highest BCUT2D eigenvalue weighted by molar-refractivity contribution is 4.78. The molecule has 0 unspecified atom stereocenters. The zero-order chi connectivity index (χ0) is 13.8. The quantitative estimate of drug-likeness (QED) is 0.808. The highest BCUT2D eigenvalue weighted by atomic mass is 16.5. The summed E-state index contributed by atoms with van der Waals surface area (Å²) in [7, 11) is 2.20. The summed E-state index contributed by atoms with van der Waals surface area (Å²) in [4.78, 5) is 4.96. The Hall–Kier alpha value is -0.160. The average molecular weight is 259 g/mol. The summed E-state index contributed by atoms with van der Waals surface area (Å²) in [6.07, 6.45) is 0. The molecule has 0 aliphatic carbocycles. The molecule has 110 valence electrons. The third kappa shape index (κ3) is 6.69. The van der Waals surface area contributed by atoms with E-state index in [0.717, 1.165) is 39.4 Å². The van der Waals surface area contributed by atoms with Crippen molar-refractivity contribution in [1.29, 1.82) is 0 Å². The minimum absolute atomic E-state index is 0.599. The Morgan fingerprint density at radius 1 is 1.06 bits per heavy atom. The first-order chi connectivity index (χ1) is 8.86. The Kier molecular flexibility index (Phi) is 11.8. The van der Waals surface area contributed by atoms with Crippen molar-refractivity contribution in [2.24, 2.45) is 0 Å². The fourth-order valence-corrected chi connectivity index (χ4v) is 2.12. The molecule has 0 radical (unpaired) electrons. The van der Waals surface area contributed by atoms with Crippen LogP contribution in [0.2, 0.25) is 0 Å². The topological polar surface area (TPSA) is 27.7 Å². The molecule has 0 aromatic rings. The molecule has 0 aromatic heterocycles. The summed E-state index contributed by atoms with van der Waals surface area (Å²) in [5.41, 5.74) is 0. The van der Waals surface area contributed by atoms with Gasteiger partial charge in [-0.3, -0.25) is 9.80 Å². The maximum atomic E-state index is 5.51. The summed E-state index contributed by atoms with van der Waals surface area (Å²) >= 11 is 0. The van der Waals surface area contributed by atoms with E-state index in [0.29, 0.717) is 6.04 Å². The van der Waals surface area contributed by atoms with Gasteiger partial charge in [0.2, 0.25) is 0 Å². The van der Waals surface area contributed by atoms with Crippen molar-refractivity contribution in [3.63, 3.8) is 0 Å². The second-order valence-electron chi connectivity index (χ2n) is 4.26. The lowest BCUT2D eigenvalue weighted by Crippen LogP contribution is -2.53. The molecule has 1 atom stereocenters. The monoisotopic (exact) mass is 259 g/mol. The molecule has 0 saturated carbocycles. The third-order valence-corrected chi connectivity index (χ3v) is 3.20. The van der Waals surface area contributed by atoms with Gasteiger partial charge in [0.25, 0.3) is 0 Å². The standard InChI is InChI=1S/C10H21N3O.2C2H6/c1-12-6-7-14-9-10(12)8-13-4-2-11-3-5-13;2*1-2/h10-11H,2-9H2,1H3;2*1-2H3/t10-;;/m0../s1. The van der Waals surface area contributed by atoms with Crippen molar-refractivity contribution < 1.29 is 4.74 Å². The van der Waals surface area contributed by atoms with E-state index < -0.39 is 0 Å². The fraction of sp³-hybridized carbons (Fsp3) is 1.00. The fourth-order valence-electron chi connectivity index (χ4n) is 2.12. The Morgan fingerprint density at radius 2 is 1.67 bits per heavy atom. The van der Waals surface area contributed by atoms with Gasteiger partial charge in [0.05, 0.1) is 13.2 Å². The van der Waals surface area contributed by atoms with Crippen LogP contribution >= 0.6 is 0 Å². The predicted octanol–water partition coefficient (Wildman–Crippen LogP) is 1.27. The normalized spacial score (nSPS) is 25.5. The second-order valence-corrected chi connectivity index (χ2v) is 4.26. The van der Waals surface area contributed by atoms with E-state index >= 15 is 0 Å². The maximum absolute atomic E-state index is 5.51. The van der Waals surface area contributed by atoms with Gasteiger partial charge in [0, 0.05) is 45.3 Å². The van der Waals surface area contributed by atoms with E-state index in [2.05, 4.69) is 22.2 Å². The van der Waals surface area contributed by atoms with Crippen LogP contribution in [-0.2, 0) is 4.74 Å². The van der Waals surface area contributed by atoms with Gasteiger partial charge in [0.15, 0.2) is 0 Å². The Bertz CT molecular complexity index is 172. The molecule has 0 spiro atoms. The highest BCUT2D eigenvalue weighted by Gasteiger charge is 2.22. The van der Waals surface area contributed by atoms with Crippen LogP contribution in [0.5, 0.6) is 0 Å². The molecule has 2 fully saturated rings. The summed E-state index contributed by atoms with van der Waals surface area (Å²) in [5.74, 6) is 0. The van der Waals surface area contributed by atoms with Crippen molar-refractivity contribution >= 4 is 0 Å². The van der Waals surface area contributed by atoms with Crippen LogP contribution in [-0.4, -0.2) is 75.4 Å². The number of nitrogens with one attached hydrogen (secondary N) is 1. The molecule has 4 nitrogen and oxygen atoms in total. The van der Waals surface area contributed by atoms with E-state index in [4.69, 9.17) is 4.74 Å². The zero-order valence-corrected chi connectivity index (χ0v) is 13.0. The van der Waals surface area contributed by atoms with E-state index in [9.17, 15) is 0 Å². The molecule has 2 aliphatic rings. The van der Waals surface area contributed by atoms with E-state index in [-0.39, 0.29) is 0 Å². The van der Waals surface area contributed by atoms with Crippen LogP contribution in [0.15, 0.2) is 0 Å². The molecule has 18 heavy (non-hydrogen) atoms. The molecule has 1 N–H and O–H groups in total.